The number of hydrogen-bond donors (Lipinski definition) is 0. The molecule has 0 atom stereocenters. The first-order valence-corrected chi connectivity index (χ1v) is 8.59. The van der Waals surface area contributed by atoms with Gasteiger partial charge >= 0.3 is 5.97 Å². The molecule has 0 saturated carbocycles. The maximum Gasteiger partial charge on any atom is 0.338 e. The van der Waals surface area contributed by atoms with Crippen LogP contribution in [0.2, 0.25) is 0 Å². The van der Waals surface area contributed by atoms with Crippen molar-refractivity contribution in [1.82, 2.24) is 10.1 Å². The Kier molecular flexibility index (Phi) is 5.65. The van der Waals surface area contributed by atoms with Crippen molar-refractivity contribution >= 4 is 17.3 Å². The largest absolute Gasteiger partial charge is 0.493 e. The molecular formula is C18H16N2O5S. The molecule has 134 valence electrons. The summed E-state index contributed by atoms with van der Waals surface area (Å²) in [6, 6.07) is 6.66. The Morgan fingerprint density at radius 3 is 2.96 bits per heavy atom. The van der Waals surface area contributed by atoms with Crippen LogP contribution in [-0.2, 0) is 11.3 Å². The maximum atomic E-state index is 12.2. The average Bonchev–Trinajstić information content (AvgIpc) is 3.35. The molecule has 0 N–H and O–H groups in total. The number of aromatic nitrogens is 2. The molecule has 0 radical (unpaired) electrons. The topological polar surface area (TPSA) is 83.7 Å². The third kappa shape index (κ3) is 4.09. The quantitative estimate of drug-likeness (QED) is 0.440. The van der Waals surface area contributed by atoms with Crippen molar-refractivity contribution in [2.75, 3.05) is 13.7 Å². The summed E-state index contributed by atoms with van der Waals surface area (Å²) in [5.41, 5.74) is 1.18. The van der Waals surface area contributed by atoms with E-state index in [4.69, 9.17) is 18.7 Å². The number of methoxy groups -OCH3 is 1. The number of carbonyl (C=O) groups is 1. The average molecular weight is 372 g/mol. The van der Waals surface area contributed by atoms with Crippen molar-refractivity contribution in [3.63, 3.8) is 0 Å². The van der Waals surface area contributed by atoms with E-state index >= 15 is 0 Å². The lowest BCUT2D eigenvalue weighted by atomic mass is 10.2. The van der Waals surface area contributed by atoms with Crippen molar-refractivity contribution in [2.24, 2.45) is 0 Å². The molecule has 8 heteroatoms. The zero-order valence-corrected chi connectivity index (χ0v) is 14.8. The Hall–Kier alpha value is -3.13. The molecule has 0 unspecified atom stereocenters. The van der Waals surface area contributed by atoms with E-state index in [0.717, 1.165) is 5.56 Å². The highest BCUT2D eigenvalue weighted by Gasteiger charge is 2.15. The van der Waals surface area contributed by atoms with Crippen molar-refractivity contribution < 1.29 is 23.5 Å². The predicted octanol–water partition coefficient (Wildman–Crippen LogP) is 3.73. The van der Waals surface area contributed by atoms with E-state index in [1.807, 2.05) is 16.8 Å². The minimum Gasteiger partial charge on any atom is -0.493 e. The smallest absolute Gasteiger partial charge is 0.338 e. The highest BCUT2D eigenvalue weighted by atomic mass is 32.1. The third-order valence-electron chi connectivity index (χ3n) is 3.33. The lowest BCUT2D eigenvalue weighted by Crippen LogP contribution is -2.06. The van der Waals surface area contributed by atoms with Crippen LogP contribution in [0.5, 0.6) is 11.5 Å². The second-order valence-corrected chi connectivity index (χ2v) is 5.85. The molecule has 0 aliphatic carbocycles. The summed E-state index contributed by atoms with van der Waals surface area (Å²) < 4.78 is 21.0. The fraction of sp³-hybridized carbons (Fsp3) is 0.167. The van der Waals surface area contributed by atoms with Crippen LogP contribution in [0.3, 0.4) is 0 Å². The number of benzene rings is 1. The molecule has 0 spiro atoms. The predicted molar refractivity (Wildman–Crippen MR) is 95.4 cm³/mol. The van der Waals surface area contributed by atoms with Gasteiger partial charge in [0.1, 0.15) is 6.61 Å². The number of nitrogens with zero attached hydrogens (tertiary/aromatic N) is 2. The van der Waals surface area contributed by atoms with Gasteiger partial charge in [-0.1, -0.05) is 17.8 Å². The van der Waals surface area contributed by atoms with Crippen molar-refractivity contribution in [3.05, 3.63) is 59.1 Å². The molecular weight excluding hydrogens is 356 g/mol. The van der Waals surface area contributed by atoms with Gasteiger partial charge in [-0.05, 0) is 29.6 Å². The number of esters is 1. The third-order valence-corrected chi connectivity index (χ3v) is 4.01. The van der Waals surface area contributed by atoms with E-state index in [9.17, 15) is 4.79 Å². The lowest BCUT2D eigenvalue weighted by Gasteiger charge is -2.10. The molecule has 0 aliphatic rings. The minimum atomic E-state index is -0.533. The van der Waals surface area contributed by atoms with Crippen LogP contribution in [0.25, 0.3) is 11.4 Å². The number of ether oxygens (including phenoxy) is 3. The normalized spacial score (nSPS) is 10.3. The molecule has 0 aliphatic heterocycles. The summed E-state index contributed by atoms with van der Waals surface area (Å²) in [6.07, 6.45) is 1.62. The maximum absolute atomic E-state index is 12.2. The van der Waals surface area contributed by atoms with E-state index in [1.54, 1.807) is 24.3 Å². The van der Waals surface area contributed by atoms with Gasteiger partial charge in [0.05, 0.1) is 12.7 Å². The highest BCUT2D eigenvalue weighted by Crippen LogP contribution is 2.28. The Bertz CT molecular complexity index is 889. The highest BCUT2D eigenvalue weighted by molar-refractivity contribution is 7.08. The van der Waals surface area contributed by atoms with Crippen LogP contribution in [0.1, 0.15) is 16.2 Å². The lowest BCUT2D eigenvalue weighted by molar-refractivity contribution is 0.0429. The monoisotopic (exact) mass is 372 g/mol. The number of carbonyl (C=O) groups excluding carboxylic acids is 1. The zero-order valence-electron chi connectivity index (χ0n) is 14.0. The van der Waals surface area contributed by atoms with Gasteiger partial charge < -0.3 is 18.7 Å². The van der Waals surface area contributed by atoms with Gasteiger partial charge in [-0.2, -0.15) is 16.3 Å². The Balaban J connectivity index is 1.63. The minimum absolute atomic E-state index is 0.118. The van der Waals surface area contributed by atoms with E-state index in [2.05, 4.69) is 16.7 Å². The summed E-state index contributed by atoms with van der Waals surface area (Å²) in [5, 5.41) is 7.69. The van der Waals surface area contributed by atoms with Gasteiger partial charge in [-0.3, -0.25) is 0 Å². The van der Waals surface area contributed by atoms with Crippen LogP contribution in [-0.4, -0.2) is 29.8 Å². The van der Waals surface area contributed by atoms with Gasteiger partial charge in [0.25, 0.3) is 5.89 Å². The van der Waals surface area contributed by atoms with E-state index in [-0.39, 0.29) is 12.5 Å². The first kappa shape index (κ1) is 17.7. The van der Waals surface area contributed by atoms with Crippen molar-refractivity contribution in [2.45, 2.75) is 6.61 Å². The van der Waals surface area contributed by atoms with E-state index < -0.39 is 5.97 Å². The molecule has 3 aromatic rings. The Labute approximate surface area is 153 Å². The van der Waals surface area contributed by atoms with Crippen molar-refractivity contribution in [3.8, 4) is 22.9 Å². The van der Waals surface area contributed by atoms with Gasteiger partial charge in [-0.25, -0.2) is 4.79 Å². The van der Waals surface area contributed by atoms with Crippen LogP contribution in [0.15, 0.2) is 52.2 Å². The molecule has 2 heterocycles. The summed E-state index contributed by atoms with van der Waals surface area (Å²) in [7, 11) is 1.50. The molecule has 26 heavy (non-hydrogen) atoms. The SMILES string of the molecule is C=CCOc1ccc(C(=O)OCc2nc(-c3ccsc3)no2)cc1OC. The molecule has 3 rings (SSSR count). The molecule has 0 bridgehead atoms. The second-order valence-electron chi connectivity index (χ2n) is 5.07. The van der Waals surface area contributed by atoms with E-state index in [1.165, 1.54) is 18.4 Å². The zero-order chi connectivity index (χ0) is 18.4. The fourth-order valence-electron chi connectivity index (χ4n) is 2.10. The van der Waals surface area contributed by atoms with Gasteiger partial charge in [-0.15, -0.1) is 0 Å². The number of hydrogen-bond acceptors (Lipinski definition) is 8. The molecule has 7 nitrogen and oxygen atoms in total. The first-order valence-electron chi connectivity index (χ1n) is 7.65. The number of rotatable bonds is 8. The second kappa shape index (κ2) is 8.30. The van der Waals surface area contributed by atoms with Crippen LogP contribution in [0.4, 0.5) is 0 Å². The van der Waals surface area contributed by atoms with Gasteiger partial charge in [0.2, 0.25) is 5.82 Å². The van der Waals surface area contributed by atoms with Crippen molar-refractivity contribution in [1.29, 1.82) is 0 Å². The molecule has 1 aromatic carbocycles. The molecule has 0 saturated heterocycles. The standard InChI is InChI=1S/C18H16N2O5S/c1-3-7-23-14-5-4-12(9-15(14)22-2)18(21)24-10-16-19-17(20-25-16)13-6-8-26-11-13/h3-6,8-9,11H,1,7,10H2,2H3. The summed E-state index contributed by atoms with van der Waals surface area (Å²) >= 11 is 1.53. The van der Waals surface area contributed by atoms with Gasteiger partial charge in [0.15, 0.2) is 18.1 Å². The van der Waals surface area contributed by atoms with Crippen LogP contribution < -0.4 is 9.47 Å². The fourth-order valence-corrected chi connectivity index (χ4v) is 2.73. The molecule has 0 fully saturated rings. The van der Waals surface area contributed by atoms with Gasteiger partial charge in [0, 0.05) is 10.9 Å². The van der Waals surface area contributed by atoms with E-state index in [0.29, 0.717) is 29.5 Å². The van der Waals surface area contributed by atoms with Crippen LogP contribution >= 0.6 is 11.3 Å². The summed E-state index contributed by atoms with van der Waals surface area (Å²) in [5.74, 6) is 1.09. The number of thiophene rings is 1. The first-order chi connectivity index (χ1) is 12.7. The van der Waals surface area contributed by atoms with Crippen LogP contribution in [0, 0.1) is 0 Å². The molecule has 2 aromatic heterocycles. The Morgan fingerprint density at radius 1 is 1.35 bits per heavy atom. The summed E-state index contributed by atoms with van der Waals surface area (Å²) in [6.45, 7) is 3.81. The molecule has 0 amide bonds. The summed E-state index contributed by atoms with van der Waals surface area (Å²) in [4.78, 5) is 16.4. The Morgan fingerprint density at radius 2 is 2.23 bits per heavy atom.